The number of carbonyl (C=O) groups excluding carboxylic acids is 5. The number of hydrogen-bond acceptors (Lipinski definition) is 8. The van der Waals surface area contributed by atoms with Gasteiger partial charge in [-0.15, -0.1) is 0 Å². The summed E-state index contributed by atoms with van der Waals surface area (Å²) in [6.07, 6.45) is 10.1. The average molecular weight is 710 g/mol. The van der Waals surface area contributed by atoms with Crippen LogP contribution in [0.3, 0.4) is 0 Å². The van der Waals surface area contributed by atoms with E-state index in [1.54, 1.807) is 6.92 Å². The van der Waals surface area contributed by atoms with E-state index in [9.17, 15) is 33.9 Å². The fourth-order valence-corrected chi connectivity index (χ4v) is 8.40. The number of amides is 6. The highest BCUT2D eigenvalue weighted by molar-refractivity contribution is 8.00. The van der Waals surface area contributed by atoms with Gasteiger partial charge in [0.05, 0.1) is 18.1 Å². The summed E-state index contributed by atoms with van der Waals surface area (Å²) < 4.78 is 0. The number of aliphatic carboxylic acids is 1. The van der Waals surface area contributed by atoms with Crippen LogP contribution < -0.4 is 37.6 Å². The molecule has 3 rings (SSSR count). The van der Waals surface area contributed by atoms with Crippen molar-refractivity contribution in [3.05, 3.63) is 0 Å². The van der Waals surface area contributed by atoms with E-state index in [1.165, 1.54) is 0 Å². The smallest absolute Gasteiger partial charge is 0.326 e. The molecule has 7 atom stereocenters. The first-order valence-electron chi connectivity index (χ1n) is 18.2. The van der Waals surface area contributed by atoms with Crippen LogP contribution in [0.5, 0.6) is 0 Å². The molecule has 9 N–H and O–H groups in total. The van der Waals surface area contributed by atoms with Gasteiger partial charge in [0.1, 0.15) is 18.1 Å². The third kappa shape index (κ3) is 14.0. The molecule has 1 aliphatic carbocycles. The normalized spacial score (nSPS) is 23.0. The number of thioether (sulfide) groups is 1. The van der Waals surface area contributed by atoms with Gasteiger partial charge in [-0.25, -0.2) is 9.59 Å². The van der Waals surface area contributed by atoms with Crippen LogP contribution in [0.1, 0.15) is 111 Å². The number of hydrogen-bond donors (Lipinski definition) is 8. The van der Waals surface area contributed by atoms with E-state index in [4.69, 9.17) is 5.73 Å². The minimum Gasteiger partial charge on any atom is -0.480 e. The monoisotopic (exact) mass is 709 g/mol. The summed E-state index contributed by atoms with van der Waals surface area (Å²) in [5.41, 5.74) is 5.78. The van der Waals surface area contributed by atoms with Crippen LogP contribution in [0.15, 0.2) is 0 Å². The van der Waals surface area contributed by atoms with Crippen LogP contribution in [0.4, 0.5) is 4.79 Å². The zero-order valence-corrected chi connectivity index (χ0v) is 30.2. The molecule has 0 spiro atoms. The molecular weight excluding hydrogens is 650 g/mol. The second-order valence-electron chi connectivity index (χ2n) is 14.4. The van der Waals surface area contributed by atoms with E-state index in [-0.39, 0.29) is 48.7 Å². The molecular formula is C34H59N7O7S. The molecule has 1 saturated carbocycles. The molecule has 6 amide bonds. The largest absolute Gasteiger partial charge is 0.480 e. The summed E-state index contributed by atoms with van der Waals surface area (Å²) in [7, 11) is 0. The van der Waals surface area contributed by atoms with Crippen molar-refractivity contribution in [1.29, 1.82) is 0 Å². The number of rotatable bonds is 21. The molecule has 49 heavy (non-hydrogen) atoms. The maximum absolute atomic E-state index is 13.6. The number of fused-ring (bicyclic) bond motifs is 1. The molecule has 278 valence electrons. The molecule has 2 heterocycles. The zero-order chi connectivity index (χ0) is 35.9. The number of carboxylic acid groups (broad SMARTS) is 1. The fraction of sp³-hybridized carbons (Fsp3) is 0.824. The Balaban J connectivity index is 1.50. The van der Waals surface area contributed by atoms with Crippen molar-refractivity contribution in [3.8, 4) is 0 Å². The van der Waals surface area contributed by atoms with Crippen molar-refractivity contribution in [1.82, 2.24) is 31.9 Å². The first-order chi connectivity index (χ1) is 23.3. The van der Waals surface area contributed by atoms with Gasteiger partial charge in [-0.2, -0.15) is 11.8 Å². The highest BCUT2D eigenvalue weighted by Crippen LogP contribution is 2.33. The first kappa shape index (κ1) is 40.4. The second kappa shape index (κ2) is 20.6. The Morgan fingerprint density at radius 3 is 2.22 bits per heavy atom. The van der Waals surface area contributed by atoms with Gasteiger partial charge in [-0.1, -0.05) is 52.4 Å². The average Bonchev–Trinajstić information content (AvgIpc) is 3.60. The lowest BCUT2D eigenvalue weighted by Gasteiger charge is -2.29. The molecule has 3 fully saturated rings. The van der Waals surface area contributed by atoms with Crippen LogP contribution in [-0.2, 0) is 24.0 Å². The number of nitrogens with two attached hydrogens (primary N) is 1. The molecule has 0 aromatic heterocycles. The lowest BCUT2D eigenvalue weighted by molar-refractivity contribution is -0.143. The molecule has 2 aliphatic heterocycles. The van der Waals surface area contributed by atoms with E-state index < -0.39 is 47.9 Å². The molecule has 0 bridgehead atoms. The van der Waals surface area contributed by atoms with Gasteiger partial charge in [-0.05, 0) is 63.7 Å². The van der Waals surface area contributed by atoms with Crippen molar-refractivity contribution in [2.45, 2.75) is 152 Å². The third-order valence-corrected chi connectivity index (χ3v) is 11.1. The Morgan fingerprint density at radius 2 is 1.55 bits per heavy atom. The molecule has 2 saturated heterocycles. The Morgan fingerprint density at radius 1 is 0.878 bits per heavy atom. The van der Waals surface area contributed by atoms with Gasteiger partial charge >= 0.3 is 12.0 Å². The molecule has 14 nitrogen and oxygen atoms in total. The maximum Gasteiger partial charge on any atom is 0.326 e. The van der Waals surface area contributed by atoms with E-state index in [1.807, 2.05) is 25.6 Å². The highest BCUT2D eigenvalue weighted by atomic mass is 32.2. The molecule has 0 aromatic rings. The second-order valence-corrected chi connectivity index (χ2v) is 15.7. The Labute approximate surface area is 294 Å². The SMILES string of the molecule is CC(C)C[C@H](NC(=O)[C@H](CCCCNC(=O)CCCC[C@@H]1SC[C@@H]2NC(=O)N[C@@H]21)NC(=O)[C@H](CC1CCCCC1)NC(=O)[C@H](C)N)C(=O)O. The lowest BCUT2D eigenvalue weighted by atomic mass is 9.84. The van der Waals surface area contributed by atoms with Crippen LogP contribution in [0.25, 0.3) is 0 Å². The Hall–Kier alpha value is -3.07. The van der Waals surface area contributed by atoms with Crippen molar-refractivity contribution in [2.75, 3.05) is 12.3 Å². The van der Waals surface area contributed by atoms with Crippen molar-refractivity contribution in [2.24, 2.45) is 17.6 Å². The molecule has 0 unspecified atom stereocenters. The van der Waals surface area contributed by atoms with Gasteiger partial charge in [0, 0.05) is 24.0 Å². The quantitative estimate of drug-likeness (QED) is 0.0643. The summed E-state index contributed by atoms with van der Waals surface area (Å²) in [5.74, 6) is -1.57. The summed E-state index contributed by atoms with van der Waals surface area (Å²) in [6.45, 7) is 5.68. The number of carboxylic acids is 1. The van der Waals surface area contributed by atoms with E-state index >= 15 is 0 Å². The fourth-order valence-electron chi connectivity index (χ4n) is 6.86. The first-order valence-corrected chi connectivity index (χ1v) is 19.2. The predicted molar refractivity (Wildman–Crippen MR) is 189 cm³/mol. The minimum absolute atomic E-state index is 0.0209. The van der Waals surface area contributed by atoms with Crippen LogP contribution in [0.2, 0.25) is 0 Å². The van der Waals surface area contributed by atoms with Crippen molar-refractivity contribution >= 4 is 47.4 Å². The summed E-state index contributed by atoms with van der Waals surface area (Å²) in [5, 5.41) is 27.1. The third-order valence-electron chi connectivity index (χ3n) is 9.62. The number of urea groups is 1. The summed E-state index contributed by atoms with van der Waals surface area (Å²) >= 11 is 1.86. The summed E-state index contributed by atoms with van der Waals surface area (Å²) in [4.78, 5) is 75.5. The van der Waals surface area contributed by atoms with Gasteiger partial charge in [0.25, 0.3) is 0 Å². The summed E-state index contributed by atoms with van der Waals surface area (Å²) in [6, 6.07) is -3.57. The predicted octanol–water partition coefficient (Wildman–Crippen LogP) is 1.90. The van der Waals surface area contributed by atoms with E-state index in [0.29, 0.717) is 37.5 Å². The van der Waals surface area contributed by atoms with Gasteiger partial charge in [-0.3, -0.25) is 19.2 Å². The van der Waals surface area contributed by atoms with Crippen molar-refractivity contribution in [3.63, 3.8) is 0 Å². The van der Waals surface area contributed by atoms with E-state index in [2.05, 4.69) is 31.9 Å². The van der Waals surface area contributed by atoms with Crippen molar-refractivity contribution < 1.29 is 33.9 Å². The van der Waals surface area contributed by atoms with Crippen LogP contribution in [0, 0.1) is 11.8 Å². The van der Waals surface area contributed by atoms with Crippen LogP contribution >= 0.6 is 11.8 Å². The molecule has 3 aliphatic rings. The Kier molecular flexibility index (Phi) is 16.9. The number of unbranched alkanes of at least 4 members (excludes halogenated alkanes) is 2. The minimum atomic E-state index is -1.15. The highest BCUT2D eigenvalue weighted by Gasteiger charge is 2.42. The standard InChI is InChI=1S/C34H59N7O7S/c1-20(2)17-25(33(46)47)39-31(44)23(37-32(45)24(38-30(43)21(3)35)18-22-11-5-4-6-12-22)13-9-10-16-36-28(42)15-8-7-14-27-29-26(19-49-27)40-34(48)41-29/h20-27,29H,4-19,35H2,1-3H3,(H,36,42)(H,37,45)(H,38,43)(H,39,44)(H,46,47)(H2,40,41,48)/t21-,23-,24-,25-,26-,27-,29-/m0/s1. The maximum atomic E-state index is 13.6. The van der Waals surface area contributed by atoms with Gasteiger partial charge in [0.15, 0.2) is 0 Å². The molecule has 15 heteroatoms. The number of nitrogens with one attached hydrogen (secondary N) is 6. The van der Waals surface area contributed by atoms with Crippen LogP contribution in [-0.4, -0.2) is 94.5 Å². The Bertz CT molecular complexity index is 1130. The lowest BCUT2D eigenvalue weighted by Crippen LogP contribution is -2.57. The molecule has 0 aromatic carbocycles. The van der Waals surface area contributed by atoms with E-state index in [0.717, 1.165) is 57.1 Å². The topological polar surface area (TPSA) is 221 Å². The zero-order valence-electron chi connectivity index (χ0n) is 29.4. The molecule has 0 radical (unpaired) electrons. The number of carbonyl (C=O) groups is 6. The van der Waals surface area contributed by atoms with Gasteiger partial charge < -0.3 is 42.7 Å². The van der Waals surface area contributed by atoms with Gasteiger partial charge in [0.2, 0.25) is 23.6 Å².